The molecule has 0 radical (unpaired) electrons. The fourth-order valence-electron chi connectivity index (χ4n) is 5.40. The van der Waals surface area contributed by atoms with Crippen LogP contribution in [-0.4, -0.2) is 78.5 Å². The zero-order valence-corrected chi connectivity index (χ0v) is 24.3. The highest BCUT2D eigenvalue weighted by atomic mass is 19.1. The third-order valence-electron chi connectivity index (χ3n) is 7.32. The number of hydrogen-bond acceptors (Lipinski definition) is 8. The second-order valence-electron chi connectivity index (χ2n) is 11.7. The number of carbonyl (C=O) groups excluding carboxylic acids is 1. The summed E-state index contributed by atoms with van der Waals surface area (Å²) in [5.74, 6) is 0.452. The second kappa shape index (κ2) is 11.1. The van der Waals surface area contributed by atoms with Crippen LogP contribution >= 0.6 is 0 Å². The van der Waals surface area contributed by atoms with E-state index in [-0.39, 0.29) is 18.0 Å². The molecule has 10 heteroatoms. The molecule has 2 aliphatic rings. The van der Waals surface area contributed by atoms with E-state index in [0.29, 0.717) is 49.4 Å². The molecule has 0 bridgehead atoms. The molecule has 2 fully saturated rings. The first-order valence-corrected chi connectivity index (χ1v) is 13.9. The van der Waals surface area contributed by atoms with Crippen molar-refractivity contribution in [3.05, 3.63) is 47.5 Å². The molecular formula is C30H39FN6O3. The van der Waals surface area contributed by atoms with Gasteiger partial charge in [0.15, 0.2) is 0 Å². The topological polar surface area (TPSA) is 83.1 Å². The van der Waals surface area contributed by atoms with Crippen LogP contribution in [-0.2, 0) is 9.47 Å². The van der Waals surface area contributed by atoms with Crippen LogP contribution in [0, 0.1) is 19.7 Å². The van der Waals surface area contributed by atoms with Crippen LogP contribution in [0.4, 0.5) is 32.1 Å². The zero-order valence-electron chi connectivity index (χ0n) is 24.3. The average molecular weight is 551 g/mol. The number of carbonyl (C=O) groups is 1. The van der Waals surface area contributed by atoms with Gasteiger partial charge in [0.05, 0.1) is 53.6 Å². The molecule has 9 nitrogen and oxygen atoms in total. The highest BCUT2D eigenvalue weighted by Crippen LogP contribution is 2.37. The fourth-order valence-corrected chi connectivity index (χ4v) is 5.40. The fraction of sp³-hybridized carbons (Fsp3) is 0.500. The van der Waals surface area contributed by atoms with E-state index in [1.54, 1.807) is 17.2 Å². The maximum absolute atomic E-state index is 15.5. The lowest BCUT2D eigenvalue weighted by molar-refractivity contribution is 0.0158. The summed E-state index contributed by atoms with van der Waals surface area (Å²) in [6.45, 7) is 16.1. The Bertz CT molecular complexity index is 1400. The van der Waals surface area contributed by atoms with Gasteiger partial charge in [0.2, 0.25) is 0 Å². The molecule has 214 valence electrons. The van der Waals surface area contributed by atoms with Crippen molar-refractivity contribution in [2.75, 3.05) is 61.1 Å². The number of piperazine rings is 1. The molecule has 0 saturated carbocycles. The average Bonchev–Trinajstić information content (AvgIpc) is 2.89. The van der Waals surface area contributed by atoms with Crippen LogP contribution in [0.15, 0.2) is 30.6 Å². The lowest BCUT2D eigenvalue weighted by Crippen LogP contribution is -2.55. The minimum atomic E-state index is -0.555. The van der Waals surface area contributed by atoms with Crippen molar-refractivity contribution in [1.82, 2.24) is 14.9 Å². The Morgan fingerprint density at radius 1 is 1.07 bits per heavy atom. The minimum Gasteiger partial charge on any atom is -0.444 e. The molecule has 2 saturated heterocycles. The number of ether oxygens (including phenoxy) is 2. The first-order valence-electron chi connectivity index (χ1n) is 13.9. The number of hydrogen-bond donors (Lipinski definition) is 1. The summed E-state index contributed by atoms with van der Waals surface area (Å²) in [4.78, 5) is 28.4. The van der Waals surface area contributed by atoms with E-state index in [2.05, 4.69) is 20.1 Å². The van der Waals surface area contributed by atoms with Gasteiger partial charge in [-0.05, 0) is 65.3 Å². The maximum atomic E-state index is 15.5. The number of fused-ring (bicyclic) bond motifs is 1. The third-order valence-corrected chi connectivity index (χ3v) is 7.32. The predicted octanol–water partition coefficient (Wildman–Crippen LogP) is 5.41. The number of pyridine rings is 2. The summed E-state index contributed by atoms with van der Waals surface area (Å²) in [5.41, 5.74) is 4.10. The molecule has 1 atom stereocenters. The molecule has 1 N–H and O–H groups in total. The van der Waals surface area contributed by atoms with Crippen molar-refractivity contribution >= 4 is 39.9 Å². The monoisotopic (exact) mass is 550 g/mol. The maximum Gasteiger partial charge on any atom is 0.410 e. The number of benzene rings is 1. The van der Waals surface area contributed by atoms with Crippen LogP contribution in [0.1, 0.15) is 38.8 Å². The van der Waals surface area contributed by atoms with E-state index in [4.69, 9.17) is 14.5 Å². The first-order chi connectivity index (χ1) is 19.0. The first kappa shape index (κ1) is 27.9. The van der Waals surface area contributed by atoms with Gasteiger partial charge >= 0.3 is 6.09 Å². The zero-order chi connectivity index (χ0) is 28.6. The number of rotatable bonds is 4. The highest BCUT2D eigenvalue weighted by molar-refractivity contribution is 5.98. The molecule has 2 aromatic heterocycles. The Kier molecular flexibility index (Phi) is 7.72. The summed E-state index contributed by atoms with van der Waals surface area (Å²) >= 11 is 0. The summed E-state index contributed by atoms with van der Waals surface area (Å²) in [6, 6.07) is 5.41. The molecule has 5 rings (SSSR count). The number of anilines is 4. The standard InChI is InChI=1S/C30H39FN6O3/c1-19-13-24(31)26-25(14-19)34-28(36-7-8-37(20(2)18-36)29(38)40-30(4,5)6)21(3)27(26)33-22-15-23(17-32-16-22)35-9-11-39-12-10-35/h13-17,20H,7-12,18H2,1-6H3,(H,33,34). The number of aryl methyl sites for hydroxylation is 1. The normalized spacial score (nSPS) is 18.3. The smallest absolute Gasteiger partial charge is 0.410 e. The molecule has 40 heavy (non-hydrogen) atoms. The Morgan fingerprint density at radius 3 is 2.52 bits per heavy atom. The van der Waals surface area contributed by atoms with Gasteiger partial charge in [0.25, 0.3) is 0 Å². The van der Waals surface area contributed by atoms with Crippen LogP contribution in [0.2, 0.25) is 0 Å². The number of nitrogens with one attached hydrogen (secondary N) is 1. The molecule has 2 aliphatic heterocycles. The van der Waals surface area contributed by atoms with Crippen molar-refractivity contribution in [3.63, 3.8) is 0 Å². The van der Waals surface area contributed by atoms with Gasteiger partial charge in [-0.3, -0.25) is 4.98 Å². The van der Waals surface area contributed by atoms with E-state index >= 15 is 4.39 Å². The predicted molar refractivity (Wildman–Crippen MR) is 156 cm³/mol. The van der Waals surface area contributed by atoms with E-state index in [9.17, 15) is 4.79 Å². The molecule has 1 unspecified atom stereocenters. The number of amides is 1. The highest BCUT2D eigenvalue weighted by Gasteiger charge is 2.32. The lowest BCUT2D eigenvalue weighted by Gasteiger charge is -2.41. The van der Waals surface area contributed by atoms with Gasteiger partial charge in [-0.2, -0.15) is 0 Å². The minimum absolute atomic E-state index is 0.0828. The number of aromatic nitrogens is 2. The van der Waals surface area contributed by atoms with Crippen LogP contribution in [0.3, 0.4) is 0 Å². The van der Waals surface area contributed by atoms with E-state index in [0.717, 1.165) is 41.4 Å². The number of morpholine rings is 1. The Morgan fingerprint density at radius 2 is 1.82 bits per heavy atom. The quantitative estimate of drug-likeness (QED) is 0.462. The Hall–Kier alpha value is -3.66. The van der Waals surface area contributed by atoms with E-state index in [1.165, 1.54) is 0 Å². The van der Waals surface area contributed by atoms with Gasteiger partial charge in [0, 0.05) is 44.3 Å². The van der Waals surface area contributed by atoms with Gasteiger partial charge < -0.3 is 29.5 Å². The molecule has 3 aromatic rings. The SMILES string of the molecule is Cc1cc(F)c2c(Nc3cncc(N4CCOCC4)c3)c(C)c(N3CCN(C(=O)OC(C)(C)C)C(C)C3)nc2c1. The molecular weight excluding hydrogens is 511 g/mol. The van der Waals surface area contributed by atoms with Crippen molar-refractivity contribution < 1.29 is 18.7 Å². The second-order valence-corrected chi connectivity index (χ2v) is 11.7. The van der Waals surface area contributed by atoms with Crippen molar-refractivity contribution in [3.8, 4) is 0 Å². The van der Waals surface area contributed by atoms with E-state index in [1.807, 2.05) is 59.9 Å². The number of nitrogens with zero attached hydrogens (tertiary/aromatic N) is 5. The van der Waals surface area contributed by atoms with Crippen LogP contribution < -0.4 is 15.1 Å². The summed E-state index contributed by atoms with van der Waals surface area (Å²) < 4.78 is 26.6. The van der Waals surface area contributed by atoms with Gasteiger partial charge in [-0.1, -0.05) is 0 Å². The van der Waals surface area contributed by atoms with Gasteiger partial charge in [0.1, 0.15) is 17.2 Å². The van der Waals surface area contributed by atoms with Crippen molar-refractivity contribution in [2.45, 2.75) is 53.2 Å². The lowest BCUT2D eigenvalue weighted by atomic mass is 10.0. The Labute approximate surface area is 235 Å². The Balaban J connectivity index is 1.48. The molecule has 0 aliphatic carbocycles. The largest absolute Gasteiger partial charge is 0.444 e. The summed E-state index contributed by atoms with van der Waals surface area (Å²) in [7, 11) is 0. The molecule has 4 heterocycles. The summed E-state index contributed by atoms with van der Waals surface area (Å²) in [6.07, 6.45) is 3.29. The van der Waals surface area contributed by atoms with Crippen LogP contribution in [0.5, 0.6) is 0 Å². The van der Waals surface area contributed by atoms with E-state index < -0.39 is 5.60 Å². The molecule has 1 aromatic carbocycles. The van der Waals surface area contributed by atoms with Crippen LogP contribution in [0.25, 0.3) is 10.9 Å². The van der Waals surface area contributed by atoms with Crippen molar-refractivity contribution in [1.29, 1.82) is 0 Å². The van der Waals surface area contributed by atoms with Gasteiger partial charge in [-0.25, -0.2) is 14.2 Å². The van der Waals surface area contributed by atoms with Crippen molar-refractivity contribution in [2.24, 2.45) is 0 Å². The summed E-state index contributed by atoms with van der Waals surface area (Å²) in [5, 5.41) is 3.94. The van der Waals surface area contributed by atoms with Gasteiger partial charge in [-0.15, -0.1) is 0 Å². The molecule has 0 spiro atoms. The third kappa shape index (κ3) is 5.91. The number of halogens is 1. The molecule has 1 amide bonds.